The van der Waals surface area contributed by atoms with Crippen molar-refractivity contribution in [2.75, 3.05) is 5.73 Å². The van der Waals surface area contributed by atoms with Crippen LogP contribution in [-0.2, 0) is 10.1 Å². The molecule has 76 valence electrons. The second-order valence-corrected chi connectivity index (χ2v) is 4.11. The average molecular weight is 277 g/mol. The number of nitrogens with two attached hydrogens (primary N) is 1. The maximum absolute atomic E-state index is 11.1. The summed E-state index contributed by atoms with van der Waals surface area (Å²) < 4.78 is 0. The molecule has 4 heteroatoms. The Morgan fingerprint density at radius 2 is 2.21 bits per heavy atom. The number of hydrogen-bond acceptors (Lipinski definition) is 2. The van der Waals surface area contributed by atoms with Crippen LogP contribution in [0, 0.1) is 0 Å². The van der Waals surface area contributed by atoms with E-state index in [1.165, 1.54) is 6.92 Å². The van der Waals surface area contributed by atoms with Crippen molar-refractivity contribution in [2.24, 2.45) is 0 Å². The predicted octanol–water partition coefficient (Wildman–Crippen LogP) is 3.03. The highest BCUT2D eigenvalue weighted by Crippen LogP contribution is 2.25. The maximum atomic E-state index is 11.1. The van der Waals surface area contributed by atoms with Crippen molar-refractivity contribution in [3.8, 4) is 0 Å². The van der Waals surface area contributed by atoms with Crippen molar-refractivity contribution < 1.29 is 4.79 Å². The molecular formula is C10H11BrClNO. The van der Waals surface area contributed by atoms with Gasteiger partial charge >= 0.3 is 0 Å². The lowest BCUT2D eigenvalue weighted by molar-refractivity contribution is -0.116. The van der Waals surface area contributed by atoms with Gasteiger partial charge in [0.15, 0.2) is 5.78 Å². The molecule has 0 aliphatic carbocycles. The number of carbonyl (C=O) groups excluding carboxylic acids is 1. The maximum Gasteiger partial charge on any atom is 0.152 e. The van der Waals surface area contributed by atoms with Crippen LogP contribution in [0.1, 0.15) is 23.4 Å². The lowest BCUT2D eigenvalue weighted by atomic mass is 10.1. The van der Waals surface area contributed by atoms with Gasteiger partial charge in [-0.05, 0) is 30.2 Å². The summed E-state index contributed by atoms with van der Waals surface area (Å²) in [6.07, 6.45) is 0. The summed E-state index contributed by atoms with van der Waals surface area (Å²) >= 11 is 9.25. The van der Waals surface area contributed by atoms with Gasteiger partial charge in [0, 0.05) is 11.0 Å². The molecule has 2 nitrogen and oxygen atoms in total. The number of alkyl halides is 2. The van der Waals surface area contributed by atoms with E-state index in [0.29, 0.717) is 11.0 Å². The van der Waals surface area contributed by atoms with Gasteiger partial charge in [0.25, 0.3) is 0 Å². The van der Waals surface area contributed by atoms with E-state index in [1.807, 2.05) is 12.1 Å². The van der Waals surface area contributed by atoms with Gasteiger partial charge in [0.1, 0.15) is 5.38 Å². The Balaban J connectivity index is 3.08. The fraction of sp³-hybridized carbons (Fsp3) is 0.300. The second-order valence-electron chi connectivity index (χ2n) is 3.11. The van der Waals surface area contributed by atoms with Crippen molar-refractivity contribution in [1.82, 2.24) is 0 Å². The minimum absolute atomic E-state index is 0.0715. The van der Waals surface area contributed by atoms with Crippen molar-refractivity contribution in [2.45, 2.75) is 17.6 Å². The Morgan fingerprint density at radius 3 is 2.71 bits per heavy atom. The van der Waals surface area contributed by atoms with E-state index in [9.17, 15) is 4.79 Å². The van der Waals surface area contributed by atoms with E-state index < -0.39 is 5.38 Å². The average Bonchev–Trinajstić information content (AvgIpc) is 2.15. The normalized spacial score (nSPS) is 12.5. The van der Waals surface area contributed by atoms with Crippen LogP contribution in [0.3, 0.4) is 0 Å². The summed E-state index contributed by atoms with van der Waals surface area (Å²) in [5, 5.41) is 0.100. The molecule has 1 atom stereocenters. The minimum atomic E-state index is -0.601. The molecule has 0 aromatic heterocycles. The first kappa shape index (κ1) is 11.5. The number of nitrogen functional groups attached to an aromatic ring is 1. The molecule has 0 spiro atoms. The van der Waals surface area contributed by atoms with Crippen molar-refractivity contribution in [3.63, 3.8) is 0 Å². The van der Waals surface area contributed by atoms with Gasteiger partial charge in [-0.2, -0.15) is 0 Å². The van der Waals surface area contributed by atoms with Crippen LogP contribution >= 0.6 is 27.5 Å². The molecule has 0 saturated heterocycles. The number of halogens is 2. The molecule has 0 amide bonds. The summed E-state index contributed by atoms with van der Waals surface area (Å²) in [5.41, 5.74) is 8.09. The number of ketones is 1. The second kappa shape index (κ2) is 4.80. The summed E-state index contributed by atoms with van der Waals surface area (Å²) in [6.45, 7) is 1.47. The number of hydrogen-bond donors (Lipinski definition) is 1. The van der Waals surface area contributed by atoms with E-state index in [0.717, 1.165) is 11.1 Å². The quantitative estimate of drug-likeness (QED) is 0.681. The first-order valence-corrected chi connectivity index (χ1v) is 5.70. The third-order valence-electron chi connectivity index (χ3n) is 1.84. The summed E-state index contributed by atoms with van der Waals surface area (Å²) in [5.74, 6) is -0.0715. The van der Waals surface area contributed by atoms with E-state index in [-0.39, 0.29) is 5.78 Å². The predicted molar refractivity (Wildman–Crippen MR) is 62.8 cm³/mol. The van der Waals surface area contributed by atoms with Gasteiger partial charge in [0.05, 0.1) is 0 Å². The van der Waals surface area contributed by atoms with Gasteiger partial charge in [-0.15, -0.1) is 11.6 Å². The van der Waals surface area contributed by atoms with Crippen LogP contribution in [0.5, 0.6) is 0 Å². The van der Waals surface area contributed by atoms with Gasteiger partial charge in [-0.1, -0.05) is 22.0 Å². The van der Waals surface area contributed by atoms with Crippen LogP contribution in [0.25, 0.3) is 0 Å². The molecular weight excluding hydrogens is 265 g/mol. The summed E-state index contributed by atoms with van der Waals surface area (Å²) in [6, 6.07) is 5.46. The standard InChI is InChI=1S/C10H11BrClNO/c1-6(14)10(12)8-2-7(5-11)3-9(13)4-8/h2-4,10H,5,13H2,1H3. The highest BCUT2D eigenvalue weighted by molar-refractivity contribution is 9.08. The SMILES string of the molecule is CC(=O)C(Cl)c1cc(N)cc(CBr)c1. The number of benzene rings is 1. The summed E-state index contributed by atoms with van der Waals surface area (Å²) in [4.78, 5) is 11.1. The number of carbonyl (C=O) groups is 1. The van der Waals surface area contributed by atoms with E-state index in [1.54, 1.807) is 6.07 Å². The zero-order chi connectivity index (χ0) is 10.7. The van der Waals surface area contributed by atoms with Gasteiger partial charge in [0.2, 0.25) is 0 Å². The highest BCUT2D eigenvalue weighted by Gasteiger charge is 2.13. The van der Waals surface area contributed by atoms with E-state index in [2.05, 4.69) is 15.9 Å². The molecule has 0 radical (unpaired) electrons. The molecule has 1 rings (SSSR count). The first-order valence-electron chi connectivity index (χ1n) is 4.14. The van der Waals surface area contributed by atoms with E-state index in [4.69, 9.17) is 17.3 Å². The Hall–Kier alpha value is -0.540. The van der Waals surface area contributed by atoms with Crippen molar-refractivity contribution in [1.29, 1.82) is 0 Å². The molecule has 14 heavy (non-hydrogen) atoms. The van der Waals surface area contributed by atoms with Crippen molar-refractivity contribution >= 4 is 39.0 Å². The lowest BCUT2D eigenvalue weighted by Crippen LogP contribution is -2.03. The first-order chi connectivity index (χ1) is 6.54. The van der Waals surface area contributed by atoms with Crippen LogP contribution in [0.2, 0.25) is 0 Å². The molecule has 1 aromatic rings. The Bertz CT molecular complexity index is 354. The molecule has 1 aromatic carbocycles. The Labute approximate surface area is 96.6 Å². The molecule has 0 bridgehead atoms. The molecule has 0 fully saturated rings. The molecule has 0 heterocycles. The number of anilines is 1. The van der Waals surface area contributed by atoms with Crippen molar-refractivity contribution in [3.05, 3.63) is 29.3 Å². The lowest BCUT2D eigenvalue weighted by Gasteiger charge is -2.08. The fourth-order valence-electron chi connectivity index (χ4n) is 1.20. The minimum Gasteiger partial charge on any atom is -0.399 e. The molecule has 1 unspecified atom stereocenters. The molecule has 0 saturated carbocycles. The highest BCUT2D eigenvalue weighted by atomic mass is 79.9. The topological polar surface area (TPSA) is 43.1 Å². The fourth-order valence-corrected chi connectivity index (χ4v) is 1.65. The van der Waals surface area contributed by atoms with Gasteiger partial charge in [-0.3, -0.25) is 4.79 Å². The van der Waals surface area contributed by atoms with Crippen LogP contribution in [0.4, 0.5) is 5.69 Å². The molecule has 2 N–H and O–H groups in total. The number of rotatable bonds is 3. The van der Waals surface area contributed by atoms with Crippen LogP contribution in [0.15, 0.2) is 18.2 Å². The molecule has 0 aliphatic heterocycles. The van der Waals surface area contributed by atoms with Gasteiger partial charge in [-0.25, -0.2) is 0 Å². The third kappa shape index (κ3) is 2.72. The summed E-state index contributed by atoms with van der Waals surface area (Å²) in [7, 11) is 0. The zero-order valence-corrected chi connectivity index (χ0v) is 10.1. The largest absolute Gasteiger partial charge is 0.399 e. The Morgan fingerprint density at radius 1 is 1.57 bits per heavy atom. The monoisotopic (exact) mass is 275 g/mol. The Kier molecular flexibility index (Phi) is 3.96. The number of Topliss-reactive ketones (excluding diaryl/α,β-unsaturated/α-hetero) is 1. The van der Waals surface area contributed by atoms with Crippen LogP contribution < -0.4 is 5.73 Å². The van der Waals surface area contributed by atoms with Crippen LogP contribution in [-0.4, -0.2) is 5.78 Å². The van der Waals surface area contributed by atoms with E-state index >= 15 is 0 Å². The van der Waals surface area contributed by atoms with Gasteiger partial charge < -0.3 is 5.73 Å². The molecule has 0 aliphatic rings. The zero-order valence-electron chi connectivity index (χ0n) is 7.76. The smallest absolute Gasteiger partial charge is 0.152 e. The third-order valence-corrected chi connectivity index (χ3v) is 3.05.